The molecule has 4 N–H and O–H groups in total. The van der Waals surface area contributed by atoms with Gasteiger partial charge in [0.05, 0.1) is 12.8 Å². The first-order valence-corrected chi connectivity index (χ1v) is 9.55. The summed E-state index contributed by atoms with van der Waals surface area (Å²) in [5, 5.41) is 12.1. The summed E-state index contributed by atoms with van der Waals surface area (Å²) in [5.74, 6) is 2.12. The average Bonchev–Trinajstić information content (AvgIpc) is 2.68. The first kappa shape index (κ1) is 20.6. The molecule has 2 aromatic rings. The Hall–Kier alpha value is -2.71. The molecular weight excluding hydrogens is 364 g/mol. The molecule has 1 unspecified atom stereocenters. The molecule has 0 radical (unpaired) electrons. The monoisotopic (exact) mass is 388 g/mol. The summed E-state index contributed by atoms with van der Waals surface area (Å²) >= 11 is 1.66. The lowest BCUT2D eigenvalue weighted by Crippen LogP contribution is -2.16. The number of aliphatic hydroxyl groups excluding tert-OH is 1. The van der Waals surface area contributed by atoms with Gasteiger partial charge in [0.2, 0.25) is 0 Å². The molecule has 0 spiro atoms. The number of hydrogen-bond acceptors (Lipinski definition) is 7. The Balaban J connectivity index is 2.28. The molecule has 1 aromatic carbocycles. The summed E-state index contributed by atoms with van der Waals surface area (Å²) in [7, 11) is 1.76. The van der Waals surface area contributed by atoms with Crippen molar-refractivity contribution in [3.8, 4) is 17.2 Å². The normalized spacial score (nSPS) is 12.8. The minimum absolute atomic E-state index is 0.139. The van der Waals surface area contributed by atoms with Crippen molar-refractivity contribution in [1.82, 2.24) is 10.3 Å². The number of thioether (sulfide) groups is 1. The van der Waals surface area contributed by atoms with Gasteiger partial charge in [0.25, 0.3) is 0 Å². The molecule has 0 saturated heterocycles. The number of benzene rings is 1. The van der Waals surface area contributed by atoms with Crippen LogP contribution in [0, 0.1) is 0 Å². The number of aliphatic imine (C=N–C) groups is 1. The highest BCUT2D eigenvalue weighted by Crippen LogP contribution is 2.32. The van der Waals surface area contributed by atoms with E-state index in [9.17, 15) is 5.11 Å². The van der Waals surface area contributed by atoms with Crippen LogP contribution in [0.4, 0.5) is 5.82 Å². The molecule has 0 aliphatic rings. The lowest BCUT2D eigenvalue weighted by molar-refractivity contribution is 0.129. The quantitative estimate of drug-likeness (QED) is 0.345. The Labute approximate surface area is 163 Å². The number of amidine groups is 1. The minimum Gasteiger partial charge on any atom is -0.484 e. The average molecular weight is 388 g/mol. The predicted octanol–water partition coefficient (Wildman–Crippen LogP) is 3.08. The number of hydrogen-bond donors (Lipinski definition) is 3. The number of pyridine rings is 1. The van der Waals surface area contributed by atoms with Crippen LogP contribution >= 0.6 is 11.8 Å². The van der Waals surface area contributed by atoms with Gasteiger partial charge in [-0.1, -0.05) is 0 Å². The van der Waals surface area contributed by atoms with E-state index in [2.05, 4.69) is 15.3 Å². The lowest BCUT2D eigenvalue weighted by Gasteiger charge is -2.15. The van der Waals surface area contributed by atoms with Crippen LogP contribution in [0.1, 0.15) is 6.92 Å². The topological polar surface area (TPSA) is 102 Å². The van der Waals surface area contributed by atoms with E-state index in [0.717, 1.165) is 4.90 Å². The van der Waals surface area contributed by atoms with Gasteiger partial charge in [-0.2, -0.15) is 0 Å². The molecule has 0 aliphatic heterocycles. The van der Waals surface area contributed by atoms with Gasteiger partial charge in [-0.3, -0.25) is 0 Å². The number of nitrogens with zero attached hydrogens (tertiary/aromatic N) is 2. The van der Waals surface area contributed by atoms with Gasteiger partial charge in [-0.25, -0.2) is 9.98 Å². The summed E-state index contributed by atoms with van der Waals surface area (Å²) in [5.41, 5.74) is 5.86. The standard InChI is InChI=1S/C19H24N4O3S/c1-13(12-24)25-17-10-15(26-14-4-6-16(27-3)7-5-14)11-22-19(17)23-18(20)8-9-21-2/h4-11,13,21,24H,12H2,1-3H3,(H2,20,22,23)/b9-8-. The minimum atomic E-state index is -0.425. The highest BCUT2D eigenvalue weighted by molar-refractivity contribution is 7.98. The first-order valence-electron chi connectivity index (χ1n) is 8.33. The number of rotatable bonds is 9. The highest BCUT2D eigenvalue weighted by Gasteiger charge is 2.12. The van der Waals surface area contributed by atoms with E-state index < -0.39 is 6.10 Å². The summed E-state index contributed by atoms with van der Waals surface area (Å²) in [6, 6.07) is 9.40. The number of nitrogens with two attached hydrogens (primary N) is 1. The second-order valence-electron chi connectivity index (χ2n) is 5.54. The molecule has 1 atom stereocenters. The van der Waals surface area contributed by atoms with Crippen molar-refractivity contribution < 1.29 is 14.6 Å². The molecule has 8 heteroatoms. The smallest absolute Gasteiger partial charge is 0.197 e. The Morgan fingerprint density at radius 1 is 1.37 bits per heavy atom. The van der Waals surface area contributed by atoms with Crippen LogP contribution in [0.3, 0.4) is 0 Å². The molecule has 0 amide bonds. The van der Waals surface area contributed by atoms with Crippen molar-refractivity contribution in [2.24, 2.45) is 10.7 Å². The molecule has 27 heavy (non-hydrogen) atoms. The van der Waals surface area contributed by atoms with Crippen molar-refractivity contribution in [3.05, 3.63) is 48.8 Å². The molecule has 144 valence electrons. The lowest BCUT2D eigenvalue weighted by atomic mass is 10.3. The molecule has 0 aliphatic carbocycles. The number of aliphatic hydroxyl groups is 1. The van der Waals surface area contributed by atoms with Gasteiger partial charge in [0.15, 0.2) is 11.6 Å². The van der Waals surface area contributed by atoms with Gasteiger partial charge >= 0.3 is 0 Å². The van der Waals surface area contributed by atoms with E-state index in [4.69, 9.17) is 15.2 Å². The zero-order chi connectivity index (χ0) is 19.6. The molecule has 1 aromatic heterocycles. The third-order valence-electron chi connectivity index (χ3n) is 3.34. The number of nitrogens with one attached hydrogen (secondary N) is 1. The molecule has 1 heterocycles. The van der Waals surface area contributed by atoms with Crippen LogP contribution in [0.2, 0.25) is 0 Å². The third kappa shape index (κ3) is 6.50. The molecule has 7 nitrogen and oxygen atoms in total. The Kier molecular flexibility index (Phi) is 7.97. The van der Waals surface area contributed by atoms with Crippen molar-refractivity contribution in [1.29, 1.82) is 0 Å². The van der Waals surface area contributed by atoms with Gasteiger partial charge < -0.3 is 25.6 Å². The van der Waals surface area contributed by atoms with Gasteiger partial charge in [0.1, 0.15) is 23.4 Å². The van der Waals surface area contributed by atoms with E-state index >= 15 is 0 Å². The fourth-order valence-corrected chi connectivity index (χ4v) is 2.42. The summed E-state index contributed by atoms with van der Waals surface area (Å²) in [4.78, 5) is 9.68. The maximum Gasteiger partial charge on any atom is 0.197 e. The fourth-order valence-electron chi connectivity index (χ4n) is 2.01. The Morgan fingerprint density at radius 2 is 2.11 bits per heavy atom. The van der Waals surface area contributed by atoms with Crippen LogP contribution < -0.4 is 20.5 Å². The van der Waals surface area contributed by atoms with Crippen LogP contribution in [0.15, 0.2) is 58.7 Å². The molecular formula is C19H24N4O3S. The van der Waals surface area contributed by atoms with Crippen molar-refractivity contribution in [2.75, 3.05) is 19.9 Å². The van der Waals surface area contributed by atoms with E-state index in [1.807, 2.05) is 30.5 Å². The zero-order valence-corrected chi connectivity index (χ0v) is 16.4. The third-order valence-corrected chi connectivity index (χ3v) is 4.09. The van der Waals surface area contributed by atoms with Crippen molar-refractivity contribution >= 4 is 23.4 Å². The summed E-state index contributed by atoms with van der Waals surface area (Å²) in [6.07, 6.45) is 6.41. The summed E-state index contributed by atoms with van der Waals surface area (Å²) < 4.78 is 11.6. The zero-order valence-electron chi connectivity index (χ0n) is 15.5. The van der Waals surface area contributed by atoms with Crippen LogP contribution in [0.25, 0.3) is 0 Å². The van der Waals surface area contributed by atoms with E-state index in [0.29, 0.717) is 23.1 Å². The highest BCUT2D eigenvalue weighted by atomic mass is 32.2. The molecule has 0 fully saturated rings. The van der Waals surface area contributed by atoms with Crippen LogP contribution in [0.5, 0.6) is 17.2 Å². The van der Waals surface area contributed by atoms with E-state index in [1.54, 1.807) is 50.3 Å². The van der Waals surface area contributed by atoms with Gasteiger partial charge in [0, 0.05) is 18.0 Å². The second kappa shape index (κ2) is 10.4. The van der Waals surface area contributed by atoms with Crippen LogP contribution in [-0.2, 0) is 0 Å². The second-order valence-corrected chi connectivity index (χ2v) is 6.42. The van der Waals surface area contributed by atoms with Crippen LogP contribution in [-0.4, -0.2) is 41.9 Å². The molecule has 0 bridgehead atoms. The fraction of sp³-hybridized carbons (Fsp3) is 0.263. The van der Waals surface area contributed by atoms with Crippen molar-refractivity contribution in [2.45, 2.75) is 17.9 Å². The molecule has 0 saturated carbocycles. The first-order chi connectivity index (χ1) is 13.0. The predicted molar refractivity (Wildman–Crippen MR) is 109 cm³/mol. The maximum atomic E-state index is 9.28. The number of ether oxygens (including phenoxy) is 2. The van der Waals surface area contributed by atoms with Gasteiger partial charge in [-0.05, 0) is 49.7 Å². The van der Waals surface area contributed by atoms with E-state index in [-0.39, 0.29) is 12.4 Å². The van der Waals surface area contributed by atoms with E-state index in [1.165, 1.54) is 0 Å². The Morgan fingerprint density at radius 3 is 2.74 bits per heavy atom. The number of aromatic nitrogens is 1. The van der Waals surface area contributed by atoms with Crippen molar-refractivity contribution in [3.63, 3.8) is 0 Å². The maximum absolute atomic E-state index is 9.28. The molecule has 2 rings (SSSR count). The summed E-state index contributed by atoms with van der Waals surface area (Å²) in [6.45, 7) is 1.60. The largest absolute Gasteiger partial charge is 0.484 e. The SMILES string of the molecule is CN/C=C\C(N)=N/c1ncc(Oc2ccc(SC)cc2)cc1OC(C)CO. The Bertz CT molecular complexity index is 794. The van der Waals surface area contributed by atoms with Gasteiger partial charge in [-0.15, -0.1) is 11.8 Å².